The number of benzene rings is 1. The third-order valence-corrected chi connectivity index (χ3v) is 2.34. The maximum Gasteiger partial charge on any atom is 0.251 e. The van der Waals surface area contributed by atoms with Crippen molar-refractivity contribution >= 4 is 5.91 Å². The Hall–Kier alpha value is -1.55. The first-order valence-corrected chi connectivity index (χ1v) is 5.14. The molecule has 0 saturated heterocycles. The summed E-state index contributed by atoms with van der Waals surface area (Å²) >= 11 is 0. The lowest BCUT2D eigenvalue weighted by Crippen LogP contribution is -2.35. The van der Waals surface area contributed by atoms with E-state index in [4.69, 9.17) is 4.74 Å². The van der Waals surface area contributed by atoms with Gasteiger partial charge in [0.2, 0.25) is 0 Å². The maximum atomic E-state index is 11.8. The van der Waals surface area contributed by atoms with Gasteiger partial charge < -0.3 is 15.2 Å². The number of nitrogens with one attached hydrogen (secondary N) is 1. The average molecular weight is 223 g/mol. The number of amides is 1. The van der Waals surface area contributed by atoms with Gasteiger partial charge >= 0.3 is 0 Å². The number of hydrogen-bond donors (Lipinski definition) is 2. The predicted octanol–water partition coefficient (Wildman–Crippen LogP) is 1.47. The highest BCUT2D eigenvalue weighted by Gasteiger charge is 2.13. The highest BCUT2D eigenvalue weighted by Crippen LogP contribution is 2.19. The molecule has 4 heteroatoms. The molecule has 0 radical (unpaired) electrons. The molecular formula is C12H17NO3. The summed E-state index contributed by atoms with van der Waals surface area (Å²) in [6.07, 6.45) is 0. The topological polar surface area (TPSA) is 58.6 Å². The lowest BCUT2D eigenvalue weighted by molar-refractivity contribution is 0.0904. The number of phenols is 1. The molecule has 0 fully saturated rings. The highest BCUT2D eigenvalue weighted by molar-refractivity contribution is 5.96. The van der Waals surface area contributed by atoms with Crippen LogP contribution in [0.25, 0.3) is 0 Å². The zero-order valence-electron chi connectivity index (χ0n) is 9.78. The van der Waals surface area contributed by atoms with Gasteiger partial charge in [-0.3, -0.25) is 4.79 Å². The molecule has 0 aromatic heterocycles. The van der Waals surface area contributed by atoms with Crippen LogP contribution in [0.15, 0.2) is 18.2 Å². The molecule has 1 atom stereocenters. The highest BCUT2D eigenvalue weighted by atomic mass is 16.5. The van der Waals surface area contributed by atoms with E-state index >= 15 is 0 Å². The Balaban J connectivity index is 2.77. The van der Waals surface area contributed by atoms with Crippen LogP contribution in [0.2, 0.25) is 0 Å². The van der Waals surface area contributed by atoms with Crippen LogP contribution in [0.5, 0.6) is 5.75 Å². The Morgan fingerprint density at radius 2 is 2.25 bits per heavy atom. The maximum absolute atomic E-state index is 11.8. The second-order valence-electron chi connectivity index (χ2n) is 3.78. The third kappa shape index (κ3) is 2.97. The quantitative estimate of drug-likeness (QED) is 0.812. The third-order valence-electron chi connectivity index (χ3n) is 2.34. The van der Waals surface area contributed by atoms with E-state index in [-0.39, 0.29) is 17.7 Å². The van der Waals surface area contributed by atoms with Crippen molar-refractivity contribution in [2.45, 2.75) is 19.9 Å². The largest absolute Gasteiger partial charge is 0.508 e. The summed E-state index contributed by atoms with van der Waals surface area (Å²) in [7, 11) is 1.59. The molecule has 1 rings (SSSR count). The Kier molecular flexibility index (Phi) is 4.31. The van der Waals surface area contributed by atoms with Crippen molar-refractivity contribution in [3.05, 3.63) is 29.3 Å². The van der Waals surface area contributed by atoms with Crippen LogP contribution < -0.4 is 5.32 Å². The Morgan fingerprint density at radius 1 is 1.56 bits per heavy atom. The first kappa shape index (κ1) is 12.5. The molecule has 2 N–H and O–H groups in total. The van der Waals surface area contributed by atoms with E-state index in [2.05, 4.69) is 5.32 Å². The molecule has 1 aromatic rings. The number of carbonyl (C=O) groups is 1. The lowest BCUT2D eigenvalue weighted by Gasteiger charge is -2.14. The van der Waals surface area contributed by atoms with Crippen LogP contribution in [0, 0.1) is 6.92 Å². The summed E-state index contributed by atoms with van der Waals surface area (Å²) < 4.78 is 4.93. The van der Waals surface area contributed by atoms with Crippen LogP contribution in [-0.4, -0.2) is 30.8 Å². The number of hydrogen-bond acceptors (Lipinski definition) is 3. The number of ether oxygens (including phenoxy) is 1. The fraction of sp³-hybridized carbons (Fsp3) is 0.417. The standard InChI is InChI=1S/C12H17NO3/c1-8(7-16-3)13-12(15)10-5-4-6-11(14)9(10)2/h4-6,8,14H,7H2,1-3H3,(H,13,15). The van der Waals surface area contributed by atoms with E-state index in [9.17, 15) is 9.90 Å². The van der Waals surface area contributed by atoms with Crippen molar-refractivity contribution in [2.24, 2.45) is 0 Å². The molecule has 1 unspecified atom stereocenters. The fourth-order valence-electron chi connectivity index (χ4n) is 1.46. The first-order valence-electron chi connectivity index (χ1n) is 5.14. The van der Waals surface area contributed by atoms with Gasteiger partial charge in [-0.25, -0.2) is 0 Å². The van der Waals surface area contributed by atoms with E-state index < -0.39 is 0 Å². The van der Waals surface area contributed by atoms with Crippen LogP contribution in [-0.2, 0) is 4.74 Å². The van der Waals surface area contributed by atoms with Gasteiger partial charge in [0.15, 0.2) is 0 Å². The van der Waals surface area contributed by atoms with E-state index in [1.807, 2.05) is 6.92 Å². The van der Waals surface area contributed by atoms with Gasteiger partial charge in [0, 0.05) is 24.3 Å². The molecule has 88 valence electrons. The van der Waals surface area contributed by atoms with Crippen molar-refractivity contribution in [1.29, 1.82) is 0 Å². The van der Waals surface area contributed by atoms with Crippen LogP contribution in [0.3, 0.4) is 0 Å². The summed E-state index contributed by atoms with van der Waals surface area (Å²) in [5.41, 5.74) is 1.08. The number of carbonyl (C=O) groups excluding carboxylic acids is 1. The van der Waals surface area contributed by atoms with E-state index in [0.717, 1.165) is 0 Å². The van der Waals surface area contributed by atoms with Gasteiger partial charge in [-0.1, -0.05) is 6.07 Å². The number of phenolic OH excluding ortho intramolecular Hbond substituents is 1. The average Bonchev–Trinajstić information content (AvgIpc) is 2.22. The molecule has 0 spiro atoms. The van der Waals surface area contributed by atoms with Gasteiger partial charge in [-0.15, -0.1) is 0 Å². The zero-order chi connectivity index (χ0) is 12.1. The smallest absolute Gasteiger partial charge is 0.251 e. The molecule has 4 nitrogen and oxygen atoms in total. The van der Waals surface area contributed by atoms with Gasteiger partial charge in [0.05, 0.1) is 6.61 Å². The van der Waals surface area contributed by atoms with E-state index in [0.29, 0.717) is 17.7 Å². The van der Waals surface area contributed by atoms with Gasteiger partial charge in [-0.2, -0.15) is 0 Å². The second-order valence-corrected chi connectivity index (χ2v) is 3.78. The summed E-state index contributed by atoms with van der Waals surface area (Å²) in [6.45, 7) is 4.04. The number of rotatable bonds is 4. The number of methoxy groups -OCH3 is 1. The molecule has 16 heavy (non-hydrogen) atoms. The molecule has 1 aromatic carbocycles. The van der Waals surface area contributed by atoms with Gasteiger partial charge in [0.1, 0.15) is 5.75 Å². The number of aromatic hydroxyl groups is 1. The molecule has 0 aliphatic heterocycles. The molecular weight excluding hydrogens is 206 g/mol. The van der Waals surface area contributed by atoms with Crippen molar-refractivity contribution in [2.75, 3.05) is 13.7 Å². The van der Waals surface area contributed by atoms with Crippen molar-refractivity contribution in [3.63, 3.8) is 0 Å². The summed E-state index contributed by atoms with van der Waals surface area (Å²) in [5, 5.41) is 12.3. The Bertz CT molecular complexity index is 377. The van der Waals surface area contributed by atoms with Crippen LogP contribution >= 0.6 is 0 Å². The molecule has 0 aliphatic rings. The van der Waals surface area contributed by atoms with Gasteiger partial charge in [0.25, 0.3) is 5.91 Å². The van der Waals surface area contributed by atoms with Crippen molar-refractivity contribution in [3.8, 4) is 5.75 Å². The Morgan fingerprint density at radius 3 is 2.88 bits per heavy atom. The first-order chi connectivity index (χ1) is 7.56. The van der Waals surface area contributed by atoms with Crippen molar-refractivity contribution in [1.82, 2.24) is 5.32 Å². The zero-order valence-corrected chi connectivity index (χ0v) is 9.78. The Labute approximate surface area is 95.2 Å². The normalized spacial score (nSPS) is 12.2. The monoisotopic (exact) mass is 223 g/mol. The minimum Gasteiger partial charge on any atom is -0.508 e. The lowest BCUT2D eigenvalue weighted by atomic mass is 10.1. The molecule has 0 aliphatic carbocycles. The SMILES string of the molecule is COCC(C)NC(=O)c1cccc(O)c1C. The van der Waals surface area contributed by atoms with Crippen LogP contribution in [0.4, 0.5) is 0 Å². The summed E-state index contributed by atoms with van der Waals surface area (Å²) in [4.78, 5) is 11.8. The summed E-state index contributed by atoms with van der Waals surface area (Å²) in [5.74, 6) is -0.0648. The minimum absolute atomic E-state index is 0.0563. The minimum atomic E-state index is -0.196. The van der Waals surface area contributed by atoms with Gasteiger partial charge in [-0.05, 0) is 26.0 Å². The molecule has 0 heterocycles. The van der Waals surface area contributed by atoms with Crippen LogP contribution in [0.1, 0.15) is 22.8 Å². The molecule has 0 bridgehead atoms. The molecule has 1 amide bonds. The van der Waals surface area contributed by atoms with E-state index in [1.54, 1.807) is 32.2 Å². The fourth-order valence-corrected chi connectivity index (χ4v) is 1.46. The van der Waals surface area contributed by atoms with Crippen molar-refractivity contribution < 1.29 is 14.6 Å². The summed E-state index contributed by atoms with van der Waals surface area (Å²) in [6, 6.07) is 4.84. The predicted molar refractivity (Wildman–Crippen MR) is 61.6 cm³/mol. The molecule has 0 saturated carbocycles. The van der Waals surface area contributed by atoms with E-state index in [1.165, 1.54) is 0 Å². The second kappa shape index (κ2) is 5.51.